The fourth-order valence-corrected chi connectivity index (χ4v) is 2.99. The lowest BCUT2D eigenvalue weighted by molar-refractivity contribution is -0.137. The Kier molecular flexibility index (Phi) is 5.75. The molecule has 0 radical (unpaired) electrons. The maximum atomic E-state index is 12.7. The Morgan fingerprint density at radius 2 is 1.84 bits per heavy atom. The number of benzene rings is 2. The van der Waals surface area contributed by atoms with E-state index in [1.807, 2.05) is 12.1 Å². The number of anilines is 1. The first-order chi connectivity index (χ1) is 11.3. The highest BCUT2D eigenvalue weighted by Gasteiger charge is 2.30. The second kappa shape index (κ2) is 7.45. The second-order valence-corrected chi connectivity index (χ2v) is 5.84. The van der Waals surface area contributed by atoms with Gasteiger partial charge in [-0.25, -0.2) is 0 Å². The van der Waals surface area contributed by atoms with Gasteiger partial charge in [0.15, 0.2) is 0 Å². The van der Waals surface area contributed by atoms with Gasteiger partial charge in [0.25, 0.3) is 0 Å². The number of carbonyl (C=O) groups is 1. The molecule has 0 fully saturated rings. The molecule has 0 saturated carbocycles. The number of hydrogen-bond acceptors (Lipinski definition) is 2. The van der Waals surface area contributed by atoms with Crippen LogP contribution in [0.3, 0.4) is 0 Å². The van der Waals surface area contributed by atoms with E-state index in [1.54, 1.807) is 0 Å². The lowest BCUT2D eigenvalue weighted by Crippen LogP contribution is -2.24. The predicted molar refractivity (Wildman–Crippen MR) is 93.8 cm³/mol. The molecule has 3 nitrogen and oxygen atoms in total. The summed E-state index contributed by atoms with van der Waals surface area (Å²) in [4.78, 5) is 11.3. The Bertz CT molecular complexity index is 773. The minimum atomic E-state index is -4.35. The highest BCUT2D eigenvalue weighted by molar-refractivity contribution is 5.90. The molecule has 2 aromatic rings. The van der Waals surface area contributed by atoms with Gasteiger partial charge in [0.2, 0.25) is 5.91 Å². The largest absolute Gasteiger partial charge is 0.416 e. The lowest BCUT2D eigenvalue weighted by atomic mass is 9.90. The van der Waals surface area contributed by atoms with Gasteiger partial charge in [-0.3, -0.25) is 4.79 Å². The topological polar surface area (TPSA) is 41.1 Å². The summed E-state index contributed by atoms with van der Waals surface area (Å²) in [6.45, 7) is 2.92. The number of amides is 1. The SMILES string of the molecule is CC(=O)Nc1cc2c(c(-c3ccc(C(F)(F)F)cc3)c1)CCNC2.Cl. The zero-order chi connectivity index (χ0) is 17.3. The summed E-state index contributed by atoms with van der Waals surface area (Å²) in [7, 11) is 0. The minimum absolute atomic E-state index is 0. The summed E-state index contributed by atoms with van der Waals surface area (Å²) in [5.41, 5.74) is 3.74. The average molecular weight is 371 g/mol. The molecule has 0 spiro atoms. The number of carbonyl (C=O) groups excluding carboxylic acids is 1. The Labute approximate surface area is 150 Å². The Hall–Kier alpha value is -2.05. The standard InChI is InChI=1S/C18H17F3N2O.ClH/c1-11(24)23-15-8-13-10-22-7-6-16(13)17(9-15)12-2-4-14(5-3-12)18(19,20)21;/h2-5,8-9,22H,6-7,10H2,1H3,(H,23,24);1H. The van der Waals surface area contributed by atoms with Crippen molar-refractivity contribution in [2.75, 3.05) is 11.9 Å². The molecule has 25 heavy (non-hydrogen) atoms. The molecule has 0 aromatic heterocycles. The van der Waals surface area contributed by atoms with Gasteiger partial charge < -0.3 is 10.6 Å². The van der Waals surface area contributed by atoms with Crippen molar-refractivity contribution in [3.63, 3.8) is 0 Å². The number of fused-ring (bicyclic) bond motifs is 1. The van der Waals surface area contributed by atoms with Crippen LogP contribution < -0.4 is 10.6 Å². The fraction of sp³-hybridized carbons (Fsp3) is 0.278. The van der Waals surface area contributed by atoms with Crippen molar-refractivity contribution >= 4 is 24.0 Å². The van der Waals surface area contributed by atoms with Crippen LogP contribution in [0.4, 0.5) is 18.9 Å². The van der Waals surface area contributed by atoms with E-state index >= 15 is 0 Å². The van der Waals surface area contributed by atoms with Crippen LogP contribution in [-0.2, 0) is 23.9 Å². The molecule has 0 saturated heterocycles. The number of alkyl halides is 3. The maximum Gasteiger partial charge on any atom is 0.416 e. The Morgan fingerprint density at radius 3 is 2.44 bits per heavy atom. The van der Waals surface area contributed by atoms with Gasteiger partial charge in [-0.05, 0) is 59.5 Å². The predicted octanol–water partition coefficient (Wildman–Crippen LogP) is 4.40. The molecule has 1 aliphatic heterocycles. The van der Waals surface area contributed by atoms with Crippen LogP contribution in [0.1, 0.15) is 23.6 Å². The quantitative estimate of drug-likeness (QED) is 0.822. The molecule has 1 aliphatic rings. The van der Waals surface area contributed by atoms with Crippen molar-refractivity contribution in [1.82, 2.24) is 5.32 Å². The number of rotatable bonds is 2. The van der Waals surface area contributed by atoms with Crippen molar-refractivity contribution in [3.8, 4) is 11.1 Å². The fourth-order valence-electron chi connectivity index (χ4n) is 2.99. The Balaban J connectivity index is 0.00000225. The molecule has 0 bridgehead atoms. The molecule has 134 valence electrons. The third-order valence-corrected chi connectivity index (χ3v) is 4.05. The average Bonchev–Trinajstić information content (AvgIpc) is 2.53. The number of halogens is 4. The lowest BCUT2D eigenvalue weighted by Gasteiger charge is -2.22. The molecule has 0 unspecified atom stereocenters. The number of nitrogens with one attached hydrogen (secondary N) is 2. The summed E-state index contributed by atoms with van der Waals surface area (Å²) in [5, 5.41) is 6.02. The summed E-state index contributed by atoms with van der Waals surface area (Å²) in [6.07, 6.45) is -3.55. The summed E-state index contributed by atoms with van der Waals surface area (Å²) < 4.78 is 38.2. The first-order valence-electron chi connectivity index (χ1n) is 7.66. The van der Waals surface area contributed by atoms with Crippen LogP contribution in [0.5, 0.6) is 0 Å². The maximum absolute atomic E-state index is 12.7. The normalized spacial score (nSPS) is 13.6. The van der Waals surface area contributed by atoms with Crippen LogP contribution in [0.2, 0.25) is 0 Å². The van der Waals surface area contributed by atoms with E-state index in [9.17, 15) is 18.0 Å². The van der Waals surface area contributed by atoms with E-state index in [1.165, 1.54) is 19.1 Å². The van der Waals surface area contributed by atoms with Crippen molar-refractivity contribution in [2.45, 2.75) is 26.1 Å². The Morgan fingerprint density at radius 1 is 1.16 bits per heavy atom. The van der Waals surface area contributed by atoms with Crippen LogP contribution >= 0.6 is 12.4 Å². The zero-order valence-corrected chi connectivity index (χ0v) is 14.4. The summed E-state index contributed by atoms with van der Waals surface area (Å²) in [6, 6.07) is 8.89. The van der Waals surface area contributed by atoms with Crippen LogP contribution in [-0.4, -0.2) is 12.5 Å². The molecule has 3 rings (SSSR count). The number of hydrogen-bond donors (Lipinski definition) is 2. The monoisotopic (exact) mass is 370 g/mol. The van der Waals surface area contributed by atoms with Crippen LogP contribution in [0.15, 0.2) is 36.4 Å². The van der Waals surface area contributed by atoms with E-state index in [-0.39, 0.29) is 18.3 Å². The van der Waals surface area contributed by atoms with Gasteiger partial charge in [0.05, 0.1) is 5.56 Å². The van der Waals surface area contributed by atoms with E-state index < -0.39 is 11.7 Å². The first-order valence-corrected chi connectivity index (χ1v) is 7.66. The first kappa shape index (κ1) is 19.3. The van der Waals surface area contributed by atoms with E-state index in [0.29, 0.717) is 17.8 Å². The smallest absolute Gasteiger partial charge is 0.326 e. The molecule has 7 heteroatoms. The molecule has 0 atom stereocenters. The molecule has 2 N–H and O–H groups in total. The van der Waals surface area contributed by atoms with Gasteiger partial charge >= 0.3 is 6.18 Å². The summed E-state index contributed by atoms with van der Waals surface area (Å²) >= 11 is 0. The van der Waals surface area contributed by atoms with E-state index in [0.717, 1.165) is 41.8 Å². The van der Waals surface area contributed by atoms with Gasteiger partial charge in [-0.1, -0.05) is 12.1 Å². The van der Waals surface area contributed by atoms with E-state index in [2.05, 4.69) is 10.6 Å². The third kappa shape index (κ3) is 4.32. The minimum Gasteiger partial charge on any atom is -0.326 e. The van der Waals surface area contributed by atoms with Crippen LogP contribution in [0.25, 0.3) is 11.1 Å². The van der Waals surface area contributed by atoms with Crippen molar-refractivity contribution in [1.29, 1.82) is 0 Å². The van der Waals surface area contributed by atoms with Crippen molar-refractivity contribution in [2.24, 2.45) is 0 Å². The van der Waals surface area contributed by atoms with Crippen molar-refractivity contribution < 1.29 is 18.0 Å². The van der Waals surface area contributed by atoms with Gasteiger partial charge in [-0.2, -0.15) is 13.2 Å². The molecule has 1 heterocycles. The van der Waals surface area contributed by atoms with Gasteiger partial charge in [0.1, 0.15) is 0 Å². The van der Waals surface area contributed by atoms with E-state index in [4.69, 9.17) is 0 Å². The second-order valence-electron chi connectivity index (χ2n) is 5.84. The van der Waals surface area contributed by atoms with Crippen LogP contribution in [0, 0.1) is 0 Å². The third-order valence-electron chi connectivity index (χ3n) is 4.05. The molecular weight excluding hydrogens is 353 g/mol. The molecule has 1 amide bonds. The van der Waals surface area contributed by atoms with Gasteiger partial charge in [0, 0.05) is 19.2 Å². The summed E-state index contributed by atoms with van der Waals surface area (Å²) in [5.74, 6) is -0.183. The molecule has 2 aromatic carbocycles. The van der Waals surface area contributed by atoms with Gasteiger partial charge in [-0.15, -0.1) is 12.4 Å². The van der Waals surface area contributed by atoms with Crippen molar-refractivity contribution in [3.05, 3.63) is 53.1 Å². The zero-order valence-electron chi connectivity index (χ0n) is 13.5. The molecule has 0 aliphatic carbocycles. The highest BCUT2D eigenvalue weighted by atomic mass is 35.5. The molecular formula is C18H18ClF3N2O. The highest BCUT2D eigenvalue weighted by Crippen LogP contribution is 2.35.